The Kier molecular flexibility index (Phi) is 7.81. The van der Waals surface area contributed by atoms with Crippen LogP contribution in [0.2, 0.25) is 0 Å². The number of hydrogen-bond acceptors (Lipinski definition) is 5. The minimum absolute atomic E-state index is 0.338. The Morgan fingerprint density at radius 1 is 0.960 bits per heavy atom. The molecule has 0 bridgehead atoms. The van der Waals surface area contributed by atoms with Crippen molar-refractivity contribution in [3.8, 4) is 0 Å². The zero-order valence-electron chi connectivity index (χ0n) is 13.6. The highest BCUT2D eigenvalue weighted by atomic mass is 16.4. The van der Waals surface area contributed by atoms with E-state index in [0.717, 1.165) is 11.0 Å². The maximum absolute atomic E-state index is 11.9. The lowest BCUT2D eigenvalue weighted by atomic mass is 10.1. The summed E-state index contributed by atoms with van der Waals surface area (Å²) in [5.41, 5.74) is -0.338. The number of nitrogens with zero attached hydrogens (tertiary/aromatic N) is 1. The van der Waals surface area contributed by atoms with E-state index in [1.165, 1.54) is 25.3 Å². The van der Waals surface area contributed by atoms with Crippen LogP contribution in [0.1, 0.15) is 0 Å². The number of carbonyl (C=O) groups excluding carboxylic acids is 2. The molecule has 3 N–H and O–H groups in total. The summed E-state index contributed by atoms with van der Waals surface area (Å²) in [5.74, 6) is -2.72. The maximum Gasteiger partial charge on any atom is 0.328 e. The van der Waals surface area contributed by atoms with Crippen molar-refractivity contribution in [2.75, 3.05) is 13.7 Å². The van der Waals surface area contributed by atoms with Crippen molar-refractivity contribution >= 4 is 17.7 Å². The predicted molar refractivity (Wildman–Crippen MR) is 91.6 cm³/mol. The third-order valence-corrected chi connectivity index (χ3v) is 3.25. The average molecular weight is 345 g/mol. The Bertz CT molecular complexity index is 709. The van der Waals surface area contributed by atoms with Gasteiger partial charge in [0.05, 0.1) is 6.61 Å². The van der Waals surface area contributed by atoms with Crippen molar-refractivity contribution in [2.24, 2.45) is 0 Å². The van der Waals surface area contributed by atoms with E-state index in [1.54, 1.807) is 36.5 Å². The van der Waals surface area contributed by atoms with Crippen molar-refractivity contribution in [2.45, 2.75) is 6.04 Å². The minimum Gasteiger partial charge on any atom is -0.507 e. The molecule has 132 valence electrons. The van der Waals surface area contributed by atoms with Gasteiger partial charge in [-0.3, -0.25) is 9.59 Å². The Morgan fingerprint density at radius 3 is 1.88 bits per heavy atom. The fourth-order valence-corrected chi connectivity index (χ4v) is 1.96. The van der Waals surface area contributed by atoms with E-state index in [4.69, 9.17) is 10.2 Å². The molecule has 1 aliphatic heterocycles. The average Bonchev–Trinajstić information content (AvgIpc) is 2.78. The summed E-state index contributed by atoms with van der Waals surface area (Å²) in [6, 6.07) is -0.960. The topological polar surface area (TPSA) is 115 Å². The highest BCUT2D eigenvalue weighted by Crippen LogP contribution is 2.21. The Morgan fingerprint density at radius 2 is 1.44 bits per heavy atom. The van der Waals surface area contributed by atoms with Gasteiger partial charge in [0.1, 0.15) is 17.4 Å². The SMILES string of the molecule is CN1C(=O)\C(=C(O)/C=C/C=C/C=C/C=C/C=C/C(=O)O)C(=O)[C@@H]1CO. The van der Waals surface area contributed by atoms with Crippen molar-refractivity contribution in [1.82, 2.24) is 4.90 Å². The van der Waals surface area contributed by atoms with Gasteiger partial charge in [-0.1, -0.05) is 48.6 Å². The molecule has 1 rings (SSSR count). The molecule has 0 radical (unpaired) electrons. The zero-order valence-corrected chi connectivity index (χ0v) is 13.6. The number of hydrogen-bond donors (Lipinski definition) is 3. The van der Waals surface area contributed by atoms with Gasteiger partial charge in [0.15, 0.2) is 5.78 Å². The van der Waals surface area contributed by atoms with Gasteiger partial charge >= 0.3 is 5.97 Å². The second-order valence-corrected chi connectivity index (χ2v) is 4.95. The van der Waals surface area contributed by atoms with Gasteiger partial charge in [-0.05, 0) is 6.08 Å². The molecule has 1 atom stereocenters. The molecule has 25 heavy (non-hydrogen) atoms. The largest absolute Gasteiger partial charge is 0.507 e. The van der Waals surface area contributed by atoms with Gasteiger partial charge in [-0.2, -0.15) is 0 Å². The molecule has 0 unspecified atom stereocenters. The summed E-state index contributed by atoms with van der Waals surface area (Å²) < 4.78 is 0. The second kappa shape index (κ2) is 9.84. The number of aliphatic hydroxyl groups excluding tert-OH is 2. The number of allylic oxidation sites excluding steroid dienone is 9. The third kappa shape index (κ3) is 5.74. The number of likely N-dealkylation sites (tertiary alicyclic amines) is 1. The molecule has 1 fully saturated rings. The Hall–Kier alpha value is -3.19. The lowest BCUT2D eigenvalue weighted by Gasteiger charge is -2.13. The fraction of sp³-hybridized carbons (Fsp3) is 0.167. The van der Waals surface area contributed by atoms with Crippen LogP contribution in [0.3, 0.4) is 0 Å². The molecule has 0 aliphatic carbocycles. The number of amides is 1. The molecule has 0 spiro atoms. The van der Waals surface area contributed by atoms with E-state index in [1.807, 2.05) is 0 Å². The molecular weight excluding hydrogens is 326 g/mol. The monoisotopic (exact) mass is 345 g/mol. The lowest BCUT2D eigenvalue weighted by Crippen LogP contribution is -2.34. The number of carboxylic acid groups (broad SMARTS) is 1. The Labute approximate surface area is 144 Å². The number of aliphatic carboxylic acids is 1. The quantitative estimate of drug-likeness (QED) is 0.275. The highest BCUT2D eigenvalue weighted by molar-refractivity contribution is 6.27. The summed E-state index contributed by atoms with van der Waals surface area (Å²) in [7, 11) is 1.38. The van der Waals surface area contributed by atoms with Crippen molar-refractivity contribution in [3.63, 3.8) is 0 Å². The minimum atomic E-state index is -1.02. The maximum atomic E-state index is 11.9. The van der Waals surface area contributed by atoms with E-state index < -0.39 is 36.1 Å². The molecule has 7 nitrogen and oxygen atoms in total. The first-order valence-corrected chi connectivity index (χ1v) is 7.33. The predicted octanol–water partition coefficient (Wildman–Crippen LogP) is 1.07. The molecule has 1 saturated heterocycles. The van der Waals surface area contributed by atoms with Crippen LogP contribution in [0.25, 0.3) is 0 Å². The number of carbonyl (C=O) groups is 3. The summed E-state index contributed by atoms with van der Waals surface area (Å²) in [5, 5.41) is 27.4. The smallest absolute Gasteiger partial charge is 0.328 e. The van der Waals surface area contributed by atoms with Crippen molar-refractivity contribution in [3.05, 3.63) is 72.1 Å². The van der Waals surface area contributed by atoms with Crippen LogP contribution in [0, 0.1) is 0 Å². The summed E-state index contributed by atoms with van der Waals surface area (Å²) >= 11 is 0. The highest BCUT2D eigenvalue weighted by Gasteiger charge is 2.42. The first-order chi connectivity index (χ1) is 11.9. The molecule has 7 heteroatoms. The first-order valence-electron chi connectivity index (χ1n) is 7.33. The fourth-order valence-electron chi connectivity index (χ4n) is 1.96. The molecule has 1 amide bonds. The van der Waals surface area contributed by atoms with Gasteiger partial charge in [0.2, 0.25) is 0 Å². The molecule has 1 aliphatic rings. The van der Waals surface area contributed by atoms with Gasteiger partial charge in [0.25, 0.3) is 5.91 Å². The van der Waals surface area contributed by atoms with Crippen LogP contribution >= 0.6 is 0 Å². The number of ketones is 1. The summed E-state index contributed by atoms with van der Waals surface area (Å²) in [4.78, 5) is 35.1. The number of likely N-dealkylation sites (N-methyl/N-ethyl adjacent to an activating group) is 1. The normalized spacial score (nSPS) is 21.2. The van der Waals surface area contributed by atoms with E-state index in [-0.39, 0.29) is 5.57 Å². The van der Waals surface area contributed by atoms with Crippen LogP contribution < -0.4 is 0 Å². The van der Waals surface area contributed by atoms with Crippen LogP contribution in [0.4, 0.5) is 0 Å². The van der Waals surface area contributed by atoms with Gasteiger partial charge in [0, 0.05) is 13.1 Å². The van der Waals surface area contributed by atoms with E-state index in [2.05, 4.69) is 0 Å². The van der Waals surface area contributed by atoms with Crippen LogP contribution in [0.15, 0.2) is 72.1 Å². The molecule has 0 aromatic carbocycles. The molecule has 0 aromatic heterocycles. The molecule has 1 heterocycles. The van der Waals surface area contributed by atoms with E-state index >= 15 is 0 Å². The van der Waals surface area contributed by atoms with Gasteiger partial charge in [-0.25, -0.2) is 4.79 Å². The van der Waals surface area contributed by atoms with Crippen LogP contribution in [0.5, 0.6) is 0 Å². The Balaban J connectivity index is 2.65. The lowest BCUT2D eigenvalue weighted by molar-refractivity contribution is -0.131. The van der Waals surface area contributed by atoms with Gasteiger partial charge in [-0.15, -0.1) is 0 Å². The van der Waals surface area contributed by atoms with E-state index in [9.17, 15) is 19.5 Å². The third-order valence-electron chi connectivity index (χ3n) is 3.25. The van der Waals surface area contributed by atoms with Crippen molar-refractivity contribution < 1.29 is 29.7 Å². The zero-order chi connectivity index (χ0) is 18.8. The summed E-state index contributed by atoms with van der Waals surface area (Å²) in [6.07, 6.45) is 14.8. The number of Topliss-reactive ketones (excluding diaryl/α,β-unsaturated/α-hetero) is 1. The number of carboxylic acids is 1. The number of aliphatic hydroxyl groups is 2. The van der Waals surface area contributed by atoms with Crippen LogP contribution in [-0.4, -0.2) is 57.6 Å². The standard InChI is InChI=1S/C18H19NO6/c1-19-13(12-20)17(24)16(18(19)25)14(21)10-8-6-4-2-3-5-7-9-11-15(22)23/h2-11,13,20-21H,12H2,1H3,(H,22,23)/b3-2+,6-4+,7-5+,10-8+,11-9+,16-14+/t13-/m0/s1. The molecule has 0 saturated carbocycles. The molecule has 0 aromatic rings. The summed E-state index contributed by atoms with van der Waals surface area (Å²) in [6.45, 7) is -0.499. The number of rotatable bonds is 7. The van der Waals surface area contributed by atoms with Crippen LogP contribution in [-0.2, 0) is 14.4 Å². The van der Waals surface area contributed by atoms with Gasteiger partial charge < -0.3 is 20.2 Å². The van der Waals surface area contributed by atoms with E-state index in [0.29, 0.717) is 0 Å². The first kappa shape index (κ1) is 19.9. The van der Waals surface area contributed by atoms with Crippen molar-refractivity contribution in [1.29, 1.82) is 0 Å². The molecular formula is C18H19NO6. The second-order valence-electron chi connectivity index (χ2n) is 4.95.